The molecule has 18 heavy (non-hydrogen) atoms. The second-order valence-corrected chi connectivity index (χ2v) is 4.76. The van der Waals surface area contributed by atoms with Gasteiger partial charge in [0, 0.05) is 0 Å². The second-order valence-electron chi connectivity index (χ2n) is 4.76. The molecule has 0 aromatic carbocycles. The van der Waals surface area contributed by atoms with Gasteiger partial charge in [-0.1, -0.05) is 20.3 Å². The highest BCUT2D eigenvalue weighted by atomic mass is 16.3. The lowest BCUT2D eigenvalue weighted by Crippen LogP contribution is -2.24. The third-order valence-electron chi connectivity index (χ3n) is 3.16. The molecule has 1 aromatic heterocycles. The van der Waals surface area contributed by atoms with Crippen LogP contribution in [0.2, 0.25) is 0 Å². The largest absolute Gasteiger partial charge is 0.468 e. The maximum absolute atomic E-state index is 5.39. The van der Waals surface area contributed by atoms with Crippen LogP contribution in [0.15, 0.2) is 22.8 Å². The summed E-state index contributed by atoms with van der Waals surface area (Å²) in [4.78, 5) is 2.44. The standard InChI is InChI=1S/C15H28N2O/c1-3-10-16-11-6-5-7-12-17(4-2)14-15-9-8-13-18-15/h8-9,13,16H,3-7,10-12,14H2,1-2H3. The highest BCUT2D eigenvalue weighted by molar-refractivity contribution is 4.97. The van der Waals surface area contributed by atoms with Crippen molar-refractivity contribution in [3.63, 3.8) is 0 Å². The van der Waals surface area contributed by atoms with Crippen LogP contribution in [0.3, 0.4) is 0 Å². The van der Waals surface area contributed by atoms with Gasteiger partial charge in [0.25, 0.3) is 0 Å². The van der Waals surface area contributed by atoms with Crippen LogP contribution in [0.1, 0.15) is 45.3 Å². The molecule has 0 spiro atoms. The van der Waals surface area contributed by atoms with Gasteiger partial charge in [-0.3, -0.25) is 4.90 Å². The van der Waals surface area contributed by atoms with E-state index >= 15 is 0 Å². The molecule has 104 valence electrons. The van der Waals surface area contributed by atoms with E-state index in [2.05, 4.69) is 30.1 Å². The fourth-order valence-corrected chi connectivity index (χ4v) is 2.04. The minimum Gasteiger partial charge on any atom is -0.468 e. The Morgan fingerprint density at radius 1 is 1.17 bits per heavy atom. The van der Waals surface area contributed by atoms with Gasteiger partial charge < -0.3 is 9.73 Å². The minimum absolute atomic E-state index is 0.942. The molecule has 0 atom stereocenters. The Morgan fingerprint density at radius 3 is 2.72 bits per heavy atom. The Labute approximate surface area is 112 Å². The van der Waals surface area contributed by atoms with Gasteiger partial charge in [0.05, 0.1) is 12.8 Å². The highest BCUT2D eigenvalue weighted by Crippen LogP contribution is 2.06. The fourth-order valence-electron chi connectivity index (χ4n) is 2.04. The predicted octanol–water partition coefficient (Wildman–Crippen LogP) is 3.27. The summed E-state index contributed by atoms with van der Waals surface area (Å²) in [7, 11) is 0. The number of hydrogen-bond acceptors (Lipinski definition) is 3. The van der Waals surface area contributed by atoms with Crippen LogP contribution in [-0.2, 0) is 6.54 Å². The number of nitrogens with zero attached hydrogens (tertiary/aromatic N) is 1. The first kappa shape index (κ1) is 15.3. The van der Waals surface area contributed by atoms with E-state index in [9.17, 15) is 0 Å². The van der Waals surface area contributed by atoms with Gasteiger partial charge in [0.1, 0.15) is 5.76 Å². The zero-order valence-corrected chi connectivity index (χ0v) is 12.0. The number of hydrogen-bond donors (Lipinski definition) is 1. The lowest BCUT2D eigenvalue weighted by molar-refractivity contribution is 0.250. The van der Waals surface area contributed by atoms with Gasteiger partial charge in [0.15, 0.2) is 0 Å². The van der Waals surface area contributed by atoms with E-state index < -0.39 is 0 Å². The Bertz CT molecular complexity index is 272. The zero-order valence-electron chi connectivity index (χ0n) is 12.0. The summed E-state index contributed by atoms with van der Waals surface area (Å²) in [6, 6.07) is 4.01. The monoisotopic (exact) mass is 252 g/mol. The number of unbranched alkanes of at least 4 members (excludes halogenated alkanes) is 2. The van der Waals surface area contributed by atoms with Crippen molar-refractivity contribution < 1.29 is 4.42 Å². The van der Waals surface area contributed by atoms with Crippen molar-refractivity contribution in [2.45, 2.75) is 46.1 Å². The van der Waals surface area contributed by atoms with Crippen molar-refractivity contribution in [1.82, 2.24) is 10.2 Å². The van der Waals surface area contributed by atoms with E-state index in [4.69, 9.17) is 4.42 Å². The topological polar surface area (TPSA) is 28.4 Å². The molecule has 0 amide bonds. The summed E-state index contributed by atoms with van der Waals surface area (Å²) < 4.78 is 5.39. The van der Waals surface area contributed by atoms with Crippen LogP contribution in [0.5, 0.6) is 0 Å². The van der Waals surface area contributed by atoms with Crippen molar-refractivity contribution in [3.05, 3.63) is 24.2 Å². The maximum Gasteiger partial charge on any atom is 0.117 e. The number of rotatable bonds is 11. The Morgan fingerprint density at radius 2 is 2.06 bits per heavy atom. The van der Waals surface area contributed by atoms with Crippen molar-refractivity contribution in [2.24, 2.45) is 0 Å². The number of furan rings is 1. The van der Waals surface area contributed by atoms with Crippen molar-refractivity contribution in [1.29, 1.82) is 0 Å². The summed E-state index contributed by atoms with van der Waals surface area (Å²) in [6.07, 6.45) is 6.86. The molecular weight excluding hydrogens is 224 g/mol. The van der Waals surface area contributed by atoms with Crippen molar-refractivity contribution in [3.8, 4) is 0 Å². The molecule has 0 unspecified atom stereocenters. The van der Waals surface area contributed by atoms with Gasteiger partial charge in [-0.25, -0.2) is 0 Å². The van der Waals surface area contributed by atoms with Crippen LogP contribution in [0, 0.1) is 0 Å². The van der Waals surface area contributed by atoms with E-state index in [1.165, 1.54) is 32.2 Å². The van der Waals surface area contributed by atoms with E-state index in [1.807, 2.05) is 6.07 Å². The van der Waals surface area contributed by atoms with Crippen molar-refractivity contribution >= 4 is 0 Å². The first-order valence-electron chi connectivity index (χ1n) is 7.32. The first-order chi connectivity index (χ1) is 8.86. The molecular formula is C15H28N2O. The SMILES string of the molecule is CCCNCCCCCN(CC)Cc1ccco1. The van der Waals surface area contributed by atoms with Crippen LogP contribution in [0.25, 0.3) is 0 Å². The Kier molecular flexibility index (Phi) is 8.61. The van der Waals surface area contributed by atoms with Crippen LogP contribution >= 0.6 is 0 Å². The molecule has 0 saturated carbocycles. The average Bonchev–Trinajstić information content (AvgIpc) is 2.89. The third-order valence-corrected chi connectivity index (χ3v) is 3.16. The quantitative estimate of drug-likeness (QED) is 0.613. The molecule has 0 radical (unpaired) electrons. The maximum atomic E-state index is 5.39. The lowest BCUT2D eigenvalue weighted by atomic mass is 10.2. The van der Waals surface area contributed by atoms with E-state index in [1.54, 1.807) is 6.26 Å². The van der Waals surface area contributed by atoms with Crippen LogP contribution in [-0.4, -0.2) is 31.1 Å². The molecule has 0 fully saturated rings. The molecule has 1 aromatic rings. The smallest absolute Gasteiger partial charge is 0.117 e. The van der Waals surface area contributed by atoms with E-state index in [-0.39, 0.29) is 0 Å². The van der Waals surface area contributed by atoms with E-state index in [0.29, 0.717) is 0 Å². The predicted molar refractivity (Wildman–Crippen MR) is 76.7 cm³/mol. The molecule has 1 N–H and O–H groups in total. The van der Waals surface area contributed by atoms with Gasteiger partial charge in [0.2, 0.25) is 0 Å². The first-order valence-corrected chi connectivity index (χ1v) is 7.32. The Balaban J connectivity index is 2.01. The van der Waals surface area contributed by atoms with Crippen LogP contribution < -0.4 is 5.32 Å². The molecule has 0 aliphatic rings. The third kappa shape index (κ3) is 6.82. The minimum atomic E-state index is 0.942. The summed E-state index contributed by atoms with van der Waals surface area (Å²) in [6.45, 7) is 9.95. The summed E-state index contributed by atoms with van der Waals surface area (Å²) in [5.74, 6) is 1.07. The van der Waals surface area contributed by atoms with Crippen LogP contribution in [0.4, 0.5) is 0 Å². The average molecular weight is 252 g/mol. The second kappa shape index (κ2) is 10.2. The molecule has 1 rings (SSSR count). The molecule has 0 aliphatic carbocycles. The molecule has 0 aliphatic heterocycles. The van der Waals surface area contributed by atoms with Crippen molar-refractivity contribution in [2.75, 3.05) is 26.2 Å². The molecule has 1 heterocycles. The zero-order chi connectivity index (χ0) is 13.1. The summed E-state index contributed by atoms with van der Waals surface area (Å²) in [5.41, 5.74) is 0. The molecule has 3 nitrogen and oxygen atoms in total. The Hall–Kier alpha value is -0.800. The molecule has 0 bridgehead atoms. The normalized spacial score (nSPS) is 11.3. The number of nitrogens with one attached hydrogen (secondary N) is 1. The molecule has 0 saturated heterocycles. The molecule has 3 heteroatoms. The summed E-state index contributed by atoms with van der Waals surface area (Å²) in [5, 5.41) is 3.44. The summed E-state index contributed by atoms with van der Waals surface area (Å²) >= 11 is 0. The van der Waals surface area contributed by atoms with Gasteiger partial charge in [-0.05, 0) is 57.6 Å². The van der Waals surface area contributed by atoms with Gasteiger partial charge in [-0.15, -0.1) is 0 Å². The van der Waals surface area contributed by atoms with Gasteiger partial charge in [-0.2, -0.15) is 0 Å². The van der Waals surface area contributed by atoms with Gasteiger partial charge >= 0.3 is 0 Å². The lowest BCUT2D eigenvalue weighted by Gasteiger charge is -2.18. The van der Waals surface area contributed by atoms with E-state index in [0.717, 1.165) is 31.9 Å². The highest BCUT2D eigenvalue weighted by Gasteiger charge is 2.04. The fraction of sp³-hybridized carbons (Fsp3) is 0.733.